The average molecular weight is 539 g/mol. The molecular formula is C36H78N2+2. The minimum Gasteiger partial charge on any atom is -0.326 e. The number of quaternary nitrogens is 2. The molecule has 2 nitrogen and oxygen atoms in total. The van der Waals surface area contributed by atoms with Crippen LogP contribution in [-0.4, -0.2) is 62.3 Å². The van der Waals surface area contributed by atoms with Gasteiger partial charge < -0.3 is 8.97 Å². The first-order chi connectivity index (χ1) is 17.7. The van der Waals surface area contributed by atoms with E-state index in [1.807, 2.05) is 0 Å². The van der Waals surface area contributed by atoms with Crippen LogP contribution in [0.5, 0.6) is 0 Å². The van der Waals surface area contributed by atoms with Gasteiger partial charge in [0.1, 0.15) is 0 Å². The molecule has 0 bridgehead atoms. The van der Waals surface area contributed by atoms with Gasteiger partial charge in [-0.25, -0.2) is 0 Å². The third kappa shape index (κ3) is 19.9. The summed E-state index contributed by atoms with van der Waals surface area (Å²) < 4.78 is 2.41. The monoisotopic (exact) mass is 539 g/mol. The SMILES string of the molecule is CC(C)CCCC(C)CCCC(C)[N+](C)(C)CCCCCC[N+](C)(C)C(C)CCCC(C)CCCC(C)C. The highest BCUT2D eigenvalue weighted by atomic mass is 15.3. The van der Waals surface area contributed by atoms with Crippen molar-refractivity contribution < 1.29 is 8.97 Å². The molecule has 0 radical (unpaired) electrons. The second kappa shape index (κ2) is 20.7. The van der Waals surface area contributed by atoms with E-state index in [0.29, 0.717) is 0 Å². The van der Waals surface area contributed by atoms with Crippen molar-refractivity contribution in [3.63, 3.8) is 0 Å². The van der Waals surface area contributed by atoms with Crippen LogP contribution in [0.1, 0.15) is 158 Å². The van der Waals surface area contributed by atoms with Gasteiger partial charge in [0.15, 0.2) is 0 Å². The molecule has 0 spiro atoms. The van der Waals surface area contributed by atoms with Gasteiger partial charge in [-0.2, -0.15) is 0 Å². The summed E-state index contributed by atoms with van der Waals surface area (Å²) in [5.74, 6) is 3.54. The molecule has 0 aliphatic heterocycles. The third-order valence-corrected chi connectivity index (χ3v) is 10.2. The molecule has 38 heavy (non-hydrogen) atoms. The summed E-state index contributed by atoms with van der Waals surface area (Å²) in [5, 5.41) is 0. The molecule has 0 aliphatic carbocycles. The van der Waals surface area contributed by atoms with Gasteiger partial charge in [0.2, 0.25) is 0 Å². The first-order valence-electron chi connectivity index (χ1n) is 17.3. The molecule has 230 valence electrons. The van der Waals surface area contributed by atoms with Crippen molar-refractivity contribution in [1.29, 1.82) is 0 Å². The Morgan fingerprint density at radius 2 is 0.632 bits per heavy atom. The molecule has 0 rings (SSSR count). The van der Waals surface area contributed by atoms with Gasteiger partial charge in [-0.15, -0.1) is 0 Å². The quantitative estimate of drug-likeness (QED) is 0.0800. The largest absolute Gasteiger partial charge is 0.326 e. The highest BCUT2D eigenvalue weighted by molar-refractivity contribution is 4.61. The zero-order valence-corrected chi connectivity index (χ0v) is 29.1. The maximum Gasteiger partial charge on any atom is 0.0857 e. The summed E-state index contributed by atoms with van der Waals surface area (Å²) in [4.78, 5) is 0. The number of hydrogen-bond acceptors (Lipinski definition) is 0. The van der Waals surface area contributed by atoms with Crippen molar-refractivity contribution in [3.8, 4) is 0 Å². The lowest BCUT2D eigenvalue weighted by Crippen LogP contribution is -2.48. The van der Waals surface area contributed by atoms with Crippen LogP contribution >= 0.6 is 0 Å². The third-order valence-electron chi connectivity index (χ3n) is 10.2. The van der Waals surface area contributed by atoms with E-state index < -0.39 is 0 Å². The van der Waals surface area contributed by atoms with Gasteiger partial charge in [-0.3, -0.25) is 0 Å². The van der Waals surface area contributed by atoms with E-state index in [4.69, 9.17) is 0 Å². The Morgan fingerprint density at radius 1 is 0.342 bits per heavy atom. The van der Waals surface area contributed by atoms with Gasteiger partial charge in [-0.05, 0) is 88.9 Å². The van der Waals surface area contributed by atoms with Crippen molar-refractivity contribution in [1.82, 2.24) is 0 Å². The minimum atomic E-state index is 0.784. The van der Waals surface area contributed by atoms with Crippen molar-refractivity contribution in [2.45, 2.75) is 170 Å². The molecule has 0 aromatic carbocycles. The fraction of sp³-hybridized carbons (Fsp3) is 1.00. The van der Waals surface area contributed by atoms with Crippen LogP contribution in [0.2, 0.25) is 0 Å². The van der Waals surface area contributed by atoms with Crippen LogP contribution in [0.3, 0.4) is 0 Å². The fourth-order valence-corrected chi connectivity index (χ4v) is 6.09. The van der Waals surface area contributed by atoms with E-state index >= 15 is 0 Å². The van der Waals surface area contributed by atoms with Crippen LogP contribution in [0.15, 0.2) is 0 Å². The second-order valence-corrected chi connectivity index (χ2v) is 15.8. The molecule has 2 heteroatoms. The van der Waals surface area contributed by atoms with Gasteiger partial charge in [0.25, 0.3) is 0 Å². The Bertz CT molecular complexity index is 487. The van der Waals surface area contributed by atoms with Crippen LogP contribution in [0, 0.1) is 23.7 Å². The Labute approximate surface area is 243 Å². The number of hydrogen-bond donors (Lipinski definition) is 0. The molecule has 0 aromatic rings. The predicted molar refractivity (Wildman–Crippen MR) is 175 cm³/mol. The molecule has 0 heterocycles. The van der Waals surface area contributed by atoms with E-state index in [0.717, 1.165) is 35.8 Å². The summed E-state index contributed by atoms with van der Waals surface area (Å²) >= 11 is 0. The zero-order chi connectivity index (χ0) is 29.2. The van der Waals surface area contributed by atoms with E-state index in [9.17, 15) is 0 Å². The lowest BCUT2D eigenvalue weighted by molar-refractivity contribution is -0.914. The molecule has 0 N–H and O–H groups in total. The fourth-order valence-electron chi connectivity index (χ4n) is 6.09. The summed E-state index contributed by atoms with van der Waals surface area (Å²) in [5.41, 5.74) is 0. The smallest absolute Gasteiger partial charge is 0.0857 e. The maximum atomic E-state index is 2.50. The van der Waals surface area contributed by atoms with Crippen LogP contribution < -0.4 is 0 Å². The Kier molecular flexibility index (Phi) is 20.7. The molecule has 4 unspecified atom stereocenters. The molecular weight excluding hydrogens is 460 g/mol. The average Bonchev–Trinajstić information content (AvgIpc) is 2.80. The van der Waals surface area contributed by atoms with Crippen LogP contribution in [0.25, 0.3) is 0 Å². The van der Waals surface area contributed by atoms with Gasteiger partial charge in [0.05, 0.1) is 53.4 Å². The molecule has 0 saturated heterocycles. The number of unbranched alkanes of at least 4 members (excludes halogenated alkanes) is 3. The maximum absolute atomic E-state index is 2.50. The van der Waals surface area contributed by atoms with E-state index in [1.54, 1.807) is 0 Å². The normalized spacial score (nSPS) is 16.3. The van der Waals surface area contributed by atoms with Crippen molar-refractivity contribution in [2.24, 2.45) is 23.7 Å². The van der Waals surface area contributed by atoms with Gasteiger partial charge >= 0.3 is 0 Å². The Morgan fingerprint density at radius 3 is 0.921 bits per heavy atom. The van der Waals surface area contributed by atoms with Crippen molar-refractivity contribution in [2.75, 3.05) is 41.3 Å². The van der Waals surface area contributed by atoms with Gasteiger partial charge in [0, 0.05) is 0 Å². The Balaban J connectivity index is 4.01. The van der Waals surface area contributed by atoms with Crippen molar-refractivity contribution >= 4 is 0 Å². The number of nitrogens with zero attached hydrogens (tertiary/aromatic N) is 2. The van der Waals surface area contributed by atoms with Crippen LogP contribution in [-0.2, 0) is 0 Å². The molecule has 0 aromatic heterocycles. The lowest BCUT2D eigenvalue weighted by atomic mass is 9.94. The topological polar surface area (TPSA) is 0 Å². The molecule has 4 atom stereocenters. The van der Waals surface area contributed by atoms with Crippen molar-refractivity contribution in [3.05, 3.63) is 0 Å². The van der Waals surface area contributed by atoms with Crippen LogP contribution in [0.4, 0.5) is 0 Å². The highest BCUT2D eigenvalue weighted by Crippen LogP contribution is 2.23. The predicted octanol–water partition coefficient (Wildman–Crippen LogP) is 10.7. The second-order valence-electron chi connectivity index (χ2n) is 15.8. The van der Waals surface area contributed by atoms with Gasteiger partial charge in [-0.1, -0.05) is 92.9 Å². The standard InChI is InChI=1S/C36H78N2/c1-31(2)21-17-23-33(5)25-19-27-35(7)37(9,10)29-15-13-14-16-30-38(11,12)36(8)28-20-26-34(6)24-18-22-32(3)4/h31-36H,13-30H2,1-12H3/q+2. The Hall–Kier alpha value is -0.0800. The molecule has 0 fully saturated rings. The minimum absolute atomic E-state index is 0.784. The summed E-state index contributed by atoms with van der Waals surface area (Å²) in [7, 11) is 9.90. The first kappa shape index (κ1) is 37.9. The molecule has 0 aliphatic rings. The van der Waals surface area contributed by atoms with E-state index in [-0.39, 0.29) is 0 Å². The summed E-state index contributed by atoms with van der Waals surface area (Å²) in [6, 6.07) is 1.57. The highest BCUT2D eigenvalue weighted by Gasteiger charge is 2.25. The summed E-state index contributed by atoms with van der Waals surface area (Å²) in [6.45, 7) is 22.0. The molecule has 0 saturated carbocycles. The zero-order valence-electron chi connectivity index (χ0n) is 29.1. The summed E-state index contributed by atoms with van der Waals surface area (Å²) in [6.07, 6.45) is 22.5. The number of rotatable bonds is 25. The first-order valence-corrected chi connectivity index (χ1v) is 17.3. The van der Waals surface area contributed by atoms with E-state index in [2.05, 4.69) is 83.6 Å². The lowest BCUT2D eigenvalue weighted by Gasteiger charge is -2.37. The van der Waals surface area contributed by atoms with E-state index in [1.165, 1.54) is 125 Å². The molecule has 0 amide bonds.